The Labute approximate surface area is 125 Å². The number of anilines is 1. The van der Waals surface area contributed by atoms with E-state index in [0.29, 0.717) is 0 Å². The van der Waals surface area contributed by atoms with Crippen LogP contribution in [-0.4, -0.2) is 21.7 Å². The molecule has 0 bridgehead atoms. The number of carbonyl (C=O) groups excluding carboxylic acids is 1. The Hall–Kier alpha value is -2.54. The molecular weight excluding hydrogens is 292 g/mol. The van der Waals surface area contributed by atoms with Crippen molar-refractivity contribution in [2.45, 2.75) is 4.90 Å². The molecule has 0 atom stereocenters. The van der Waals surface area contributed by atoms with Gasteiger partial charge >= 0.3 is 0 Å². The van der Waals surface area contributed by atoms with E-state index in [1.807, 2.05) is 30.3 Å². The minimum atomic E-state index is -0.653. The molecule has 108 valence electrons. The van der Waals surface area contributed by atoms with Gasteiger partial charge in [0.2, 0.25) is 5.91 Å². The minimum Gasteiger partial charge on any atom is -0.505 e. The quantitative estimate of drug-likeness (QED) is 0.383. The van der Waals surface area contributed by atoms with Crippen molar-refractivity contribution in [3.05, 3.63) is 58.6 Å². The zero-order valence-corrected chi connectivity index (χ0v) is 11.7. The molecule has 0 saturated carbocycles. The Kier molecular flexibility index (Phi) is 4.78. The second-order valence-corrected chi connectivity index (χ2v) is 5.13. The lowest BCUT2D eigenvalue weighted by atomic mass is 10.2. The van der Waals surface area contributed by atoms with Gasteiger partial charge in [-0.1, -0.05) is 24.3 Å². The summed E-state index contributed by atoms with van der Waals surface area (Å²) in [5.74, 6) is -0.661. The van der Waals surface area contributed by atoms with Gasteiger partial charge in [0.25, 0.3) is 5.69 Å². The molecule has 2 aromatic carbocycles. The van der Waals surface area contributed by atoms with Crippen molar-refractivity contribution >= 4 is 29.0 Å². The predicted molar refractivity (Wildman–Crippen MR) is 80.6 cm³/mol. The largest absolute Gasteiger partial charge is 0.505 e. The van der Waals surface area contributed by atoms with Gasteiger partial charge in [-0.15, -0.1) is 11.8 Å². The zero-order chi connectivity index (χ0) is 15.2. The fourth-order valence-corrected chi connectivity index (χ4v) is 2.37. The molecule has 0 aliphatic rings. The Morgan fingerprint density at radius 3 is 2.57 bits per heavy atom. The summed E-state index contributed by atoms with van der Waals surface area (Å²) in [5.41, 5.74) is -0.519. The molecule has 0 saturated heterocycles. The number of rotatable bonds is 5. The number of nitro groups is 1. The van der Waals surface area contributed by atoms with Gasteiger partial charge in [-0.25, -0.2) is 0 Å². The third-order valence-corrected chi connectivity index (χ3v) is 3.61. The average molecular weight is 304 g/mol. The summed E-state index contributed by atoms with van der Waals surface area (Å²) in [5, 5.41) is 22.9. The molecule has 6 nitrogen and oxygen atoms in total. The third-order valence-electron chi connectivity index (χ3n) is 2.59. The number of amides is 1. The van der Waals surface area contributed by atoms with Crippen LogP contribution in [0.25, 0.3) is 0 Å². The number of phenolic OH excluding ortho intramolecular Hbond substituents is 1. The van der Waals surface area contributed by atoms with E-state index in [0.717, 1.165) is 4.90 Å². The van der Waals surface area contributed by atoms with Crippen LogP contribution in [0, 0.1) is 10.1 Å². The number of phenols is 1. The predicted octanol–water partition coefficient (Wildman–Crippen LogP) is 3.03. The van der Waals surface area contributed by atoms with Gasteiger partial charge in [-0.3, -0.25) is 14.9 Å². The monoisotopic (exact) mass is 304 g/mol. The summed E-state index contributed by atoms with van der Waals surface area (Å²) >= 11 is 1.30. The number of nitrogens with zero attached hydrogens (tertiary/aromatic N) is 1. The van der Waals surface area contributed by atoms with Crippen molar-refractivity contribution in [3.63, 3.8) is 0 Å². The molecule has 0 aromatic heterocycles. The standard InChI is InChI=1S/C14H12N2O4S/c17-12-8-4-7-11(16(19)20)14(12)15-13(18)9-21-10-5-2-1-3-6-10/h1-8,17H,9H2,(H,15,18). The molecule has 21 heavy (non-hydrogen) atoms. The van der Waals surface area contributed by atoms with Gasteiger partial charge in [-0.05, 0) is 18.2 Å². The molecule has 2 rings (SSSR count). The Bertz CT molecular complexity index is 661. The van der Waals surface area contributed by atoms with Crippen LogP contribution in [0.1, 0.15) is 0 Å². The molecule has 0 aliphatic carbocycles. The van der Waals surface area contributed by atoms with E-state index < -0.39 is 10.8 Å². The first-order valence-electron chi connectivity index (χ1n) is 6.02. The second-order valence-electron chi connectivity index (χ2n) is 4.08. The highest BCUT2D eigenvalue weighted by atomic mass is 32.2. The molecule has 0 spiro atoms. The van der Waals surface area contributed by atoms with E-state index in [4.69, 9.17) is 0 Å². The van der Waals surface area contributed by atoms with E-state index in [2.05, 4.69) is 5.32 Å². The smallest absolute Gasteiger partial charge is 0.296 e. The highest BCUT2D eigenvalue weighted by Crippen LogP contribution is 2.33. The van der Waals surface area contributed by atoms with Gasteiger partial charge in [0.1, 0.15) is 5.75 Å². The summed E-state index contributed by atoms with van der Waals surface area (Å²) in [4.78, 5) is 23.0. The lowest BCUT2D eigenvalue weighted by Gasteiger charge is -2.07. The Balaban J connectivity index is 2.05. The second kappa shape index (κ2) is 6.76. The lowest BCUT2D eigenvalue weighted by Crippen LogP contribution is -2.15. The number of carbonyl (C=O) groups is 1. The SMILES string of the molecule is O=C(CSc1ccccc1)Nc1c(O)cccc1[N+](=O)[O-]. The van der Waals surface area contributed by atoms with Crippen LogP contribution in [0.5, 0.6) is 5.75 Å². The number of nitrogens with one attached hydrogen (secondary N) is 1. The summed E-state index contributed by atoms with van der Waals surface area (Å²) < 4.78 is 0. The van der Waals surface area contributed by atoms with E-state index in [9.17, 15) is 20.0 Å². The molecule has 0 radical (unpaired) electrons. The highest BCUT2D eigenvalue weighted by molar-refractivity contribution is 8.00. The Morgan fingerprint density at radius 1 is 1.19 bits per heavy atom. The van der Waals surface area contributed by atoms with Gasteiger partial charge in [0.15, 0.2) is 5.69 Å². The van der Waals surface area contributed by atoms with Gasteiger partial charge in [0, 0.05) is 11.0 Å². The molecule has 7 heteroatoms. The molecular formula is C14H12N2O4S. The Morgan fingerprint density at radius 2 is 1.90 bits per heavy atom. The molecule has 2 N–H and O–H groups in total. The van der Waals surface area contributed by atoms with Crippen LogP contribution >= 0.6 is 11.8 Å². The van der Waals surface area contributed by atoms with E-state index in [-0.39, 0.29) is 22.9 Å². The lowest BCUT2D eigenvalue weighted by molar-refractivity contribution is -0.384. The number of benzene rings is 2. The van der Waals surface area contributed by atoms with Crippen molar-refractivity contribution in [1.82, 2.24) is 0 Å². The fourth-order valence-electron chi connectivity index (χ4n) is 1.65. The number of nitro benzene ring substituents is 1. The van der Waals surface area contributed by atoms with Crippen LogP contribution in [-0.2, 0) is 4.79 Å². The third kappa shape index (κ3) is 3.96. The highest BCUT2D eigenvalue weighted by Gasteiger charge is 2.19. The van der Waals surface area contributed by atoms with Crippen molar-refractivity contribution in [2.75, 3.05) is 11.1 Å². The molecule has 0 fully saturated rings. The summed E-state index contributed by atoms with van der Waals surface area (Å²) in [6.45, 7) is 0. The van der Waals surface area contributed by atoms with Crippen LogP contribution in [0.4, 0.5) is 11.4 Å². The maximum atomic E-state index is 11.8. The summed E-state index contributed by atoms with van der Waals surface area (Å²) in [7, 11) is 0. The van der Waals surface area contributed by atoms with Crippen LogP contribution in [0.3, 0.4) is 0 Å². The first-order valence-corrected chi connectivity index (χ1v) is 7.00. The van der Waals surface area contributed by atoms with E-state index >= 15 is 0 Å². The average Bonchev–Trinajstić information content (AvgIpc) is 2.48. The fraction of sp³-hybridized carbons (Fsp3) is 0.0714. The van der Waals surface area contributed by atoms with Gasteiger partial charge in [0.05, 0.1) is 10.7 Å². The molecule has 1 amide bonds. The van der Waals surface area contributed by atoms with Crippen molar-refractivity contribution in [2.24, 2.45) is 0 Å². The van der Waals surface area contributed by atoms with Crippen molar-refractivity contribution < 1.29 is 14.8 Å². The van der Waals surface area contributed by atoms with Crippen molar-refractivity contribution in [1.29, 1.82) is 0 Å². The summed E-state index contributed by atoms with van der Waals surface area (Å²) in [6.07, 6.45) is 0. The van der Waals surface area contributed by atoms with E-state index in [1.165, 1.54) is 30.0 Å². The molecule has 2 aromatic rings. The zero-order valence-electron chi connectivity index (χ0n) is 10.9. The van der Waals surface area contributed by atoms with Crippen LogP contribution in [0.2, 0.25) is 0 Å². The first-order chi connectivity index (χ1) is 10.1. The molecule has 0 aliphatic heterocycles. The van der Waals surface area contributed by atoms with Crippen molar-refractivity contribution in [3.8, 4) is 5.75 Å². The van der Waals surface area contributed by atoms with Gasteiger partial charge in [-0.2, -0.15) is 0 Å². The van der Waals surface area contributed by atoms with Gasteiger partial charge < -0.3 is 10.4 Å². The number of hydrogen-bond donors (Lipinski definition) is 2. The summed E-state index contributed by atoms with van der Waals surface area (Å²) in [6, 6.07) is 13.2. The molecule has 0 heterocycles. The normalized spacial score (nSPS) is 10.1. The molecule has 0 unspecified atom stereocenters. The first kappa shape index (κ1) is 14.9. The number of hydrogen-bond acceptors (Lipinski definition) is 5. The van der Waals surface area contributed by atoms with Crippen LogP contribution in [0.15, 0.2) is 53.4 Å². The number of thioether (sulfide) groups is 1. The maximum absolute atomic E-state index is 11.8. The maximum Gasteiger partial charge on any atom is 0.296 e. The van der Waals surface area contributed by atoms with Crippen LogP contribution < -0.4 is 5.32 Å². The number of aromatic hydroxyl groups is 1. The topological polar surface area (TPSA) is 92.5 Å². The number of para-hydroxylation sites is 1. The minimum absolute atomic E-state index is 0.0928. The van der Waals surface area contributed by atoms with E-state index in [1.54, 1.807) is 0 Å².